The average molecular weight is 409 g/mol. The normalized spacial score (nSPS) is 20.2. The maximum atomic E-state index is 13.5. The summed E-state index contributed by atoms with van der Waals surface area (Å²) in [6, 6.07) is 3.66. The number of piperidine rings is 1. The molecule has 2 fully saturated rings. The Morgan fingerprint density at radius 2 is 1.73 bits per heavy atom. The lowest BCUT2D eigenvalue weighted by Crippen LogP contribution is -2.48. The number of carbonyl (C=O) groups excluding carboxylic acids is 1. The fourth-order valence-electron chi connectivity index (χ4n) is 5.18. The van der Waals surface area contributed by atoms with Crippen molar-refractivity contribution in [2.45, 2.75) is 64.0 Å². The van der Waals surface area contributed by atoms with Gasteiger partial charge in [0.1, 0.15) is 35.0 Å². The SMILES string of the molecule is Cc1cc(Nc2cc(N3CCCCC3)ncn2)c(=O)n2c1C(=O)NC21CCCCC1. The van der Waals surface area contributed by atoms with Crippen LogP contribution < -0.4 is 21.1 Å². The van der Waals surface area contributed by atoms with Crippen LogP contribution in [0, 0.1) is 6.92 Å². The first-order valence-corrected chi connectivity index (χ1v) is 11.0. The van der Waals surface area contributed by atoms with E-state index < -0.39 is 5.66 Å². The minimum absolute atomic E-state index is 0.146. The molecular weight excluding hydrogens is 380 g/mol. The van der Waals surface area contributed by atoms with Crippen molar-refractivity contribution in [1.29, 1.82) is 0 Å². The Bertz CT molecular complexity index is 1030. The zero-order chi connectivity index (χ0) is 20.7. The number of rotatable bonds is 3. The number of hydrogen-bond acceptors (Lipinski definition) is 6. The maximum absolute atomic E-state index is 13.5. The fourth-order valence-corrected chi connectivity index (χ4v) is 5.18. The van der Waals surface area contributed by atoms with Crippen molar-refractivity contribution in [2.75, 3.05) is 23.3 Å². The third kappa shape index (κ3) is 3.14. The molecule has 2 aromatic heterocycles. The largest absolute Gasteiger partial charge is 0.356 e. The second kappa shape index (κ2) is 7.41. The van der Waals surface area contributed by atoms with Crippen LogP contribution in [0.4, 0.5) is 17.3 Å². The Labute approximate surface area is 175 Å². The van der Waals surface area contributed by atoms with Crippen LogP contribution in [0.25, 0.3) is 0 Å². The van der Waals surface area contributed by atoms with E-state index in [0.717, 1.165) is 56.6 Å². The third-order valence-electron chi connectivity index (χ3n) is 6.66. The molecule has 1 saturated heterocycles. The van der Waals surface area contributed by atoms with Gasteiger partial charge in [0.05, 0.1) is 0 Å². The lowest BCUT2D eigenvalue weighted by atomic mass is 9.89. The summed E-state index contributed by atoms with van der Waals surface area (Å²) in [6.07, 6.45) is 9.87. The molecule has 30 heavy (non-hydrogen) atoms. The Morgan fingerprint density at radius 1 is 1.00 bits per heavy atom. The number of aromatic nitrogens is 3. The molecule has 0 unspecified atom stereocenters. The minimum atomic E-state index is -0.588. The van der Waals surface area contributed by atoms with E-state index in [2.05, 4.69) is 25.5 Å². The molecule has 0 atom stereocenters. The van der Waals surface area contributed by atoms with Crippen LogP contribution in [0.2, 0.25) is 0 Å². The number of fused-ring (bicyclic) bond motifs is 2. The van der Waals surface area contributed by atoms with Crippen LogP contribution in [0.5, 0.6) is 0 Å². The quantitative estimate of drug-likeness (QED) is 0.811. The molecule has 4 heterocycles. The predicted octanol–water partition coefficient (Wildman–Crippen LogP) is 3.04. The van der Waals surface area contributed by atoms with E-state index in [4.69, 9.17) is 0 Å². The molecule has 1 aliphatic carbocycles. The molecule has 0 radical (unpaired) electrons. The maximum Gasteiger partial charge on any atom is 0.276 e. The van der Waals surface area contributed by atoms with Crippen LogP contribution >= 0.6 is 0 Å². The molecule has 2 aromatic rings. The van der Waals surface area contributed by atoms with Crippen LogP contribution in [0.3, 0.4) is 0 Å². The molecule has 2 N–H and O–H groups in total. The number of nitrogens with zero attached hydrogens (tertiary/aromatic N) is 4. The van der Waals surface area contributed by atoms with E-state index in [9.17, 15) is 9.59 Å². The standard InChI is InChI=1S/C22H28N6O2/c1-15-12-16(25-17-13-18(24-14-23-17)27-10-6-3-7-11-27)21(30)28-19(15)20(29)26-22(28)8-4-2-5-9-22/h12-14H,2-11H2,1H3,(H,26,29)(H,23,24,25). The Morgan fingerprint density at radius 3 is 2.50 bits per heavy atom. The first-order valence-electron chi connectivity index (χ1n) is 11.0. The second-order valence-corrected chi connectivity index (χ2v) is 8.71. The Kier molecular flexibility index (Phi) is 4.72. The van der Waals surface area contributed by atoms with Gasteiger partial charge in [-0.3, -0.25) is 14.2 Å². The second-order valence-electron chi connectivity index (χ2n) is 8.71. The minimum Gasteiger partial charge on any atom is -0.356 e. The van der Waals surface area contributed by atoms with Gasteiger partial charge in [0, 0.05) is 19.2 Å². The van der Waals surface area contributed by atoms with Crippen LogP contribution in [-0.2, 0) is 5.66 Å². The van der Waals surface area contributed by atoms with Gasteiger partial charge in [-0.05, 0) is 63.5 Å². The lowest BCUT2D eigenvalue weighted by Gasteiger charge is -2.35. The molecular formula is C22H28N6O2. The zero-order valence-electron chi connectivity index (χ0n) is 17.4. The van der Waals surface area contributed by atoms with Gasteiger partial charge in [-0.1, -0.05) is 6.42 Å². The van der Waals surface area contributed by atoms with E-state index in [1.165, 1.54) is 25.6 Å². The molecule has 8 heteroatoms. The molecule has 1 amide bonds. The summed E-state index contributed by atoms with van der Waals surface area (Å²) in [7, 11) is 0. The highest BCUT2D eigenvalue weighted by Gasteiger charge is 2.45. The van der Waals surface area contributed by atoms with Crippen LogP contribution in [0.15, 0.2) is 23.3 Å². The van der Waals surface area contributed by atoms with Gasteiger partial charge in [-0.2, -0.15) is 0 Å². The number of nitrogens with one attached hydrogen (secondary N) is 2. The summed E-state index contributed by atoms with van der Waals surface area (Å²) < 4.78 is 1.71. The first-order chi connectivity index (χ1) is 14.6. The van der Waals surface area contributed by atoms with E-state index in [1.54, 1.807) is 10.6 Å². The van der Waals surface area contributed by atoms with E-state index in [1.807, 2.05) is 13.0 Å². The molecule has 0 aromatic carbocycles. The van der Waals surface area contributed by atoms with Crippen molar-refractivity contribution in [3.63, 3.8) is 0 Å². The number of aryl methyl sites for hydroxylation is 1. The summed E-state index contributed by atoms with van der Waals surface area (Å²) in [4.78, 5) is 37.2. The Balaban J connectivity index is 1.51. The van der Waals surface area contributed by atoms with Crippen molar-refractivity contribution >= 4 is 23.2 Å². The molecule has 5 rings (SSSR count). The average Bonchev–Trinajstić information content (AvgIpc) is 3.05. The molecule has 8 nitrogen and oxygen atoms in total. The zero-order valence-corrected chi connectivity index (χ0v) is 17.4. The summed E-state index contributed by atoms with van der Waals surface area (Å²) in [5.41, 5.74) is 0.968. The van der Waals surface area contributed by atoms with Gasteiger partial charge in [0.15, 0.2) is 0 Å². The Hall–Kier alpha value is -2.90. The molecule has 2 aliphatic heterocycles. The van der Waals surface area contributed by atoms with Gasteiger partial charge < -0.3 is 15.5 Å². The number of anilines is 3. The van der Waals surface area contributed by atoms with Crippen molar-refractivity contribution in [2.24, 2.45) is 0 Å². The predicted molar refractivity (Wildman–Crippen MR) is 115 cm³/mol. The summed E-state index contributed by atoms with van der Waals surface area (Å²) in [5, 5.41) is 6.33. The monoisotopic (exact) mass is 408 g/mol. The van der Waals surface area contributed by atoms with Gasteiger partial charge in [0.2, 0.25) is 0 Å². The van der Waals surface area contributed by atoms with Crippen LogP contribution in [-0.4, -0.2) is 33.5 Å². The number of pyridine rings is 1. The summed E-state index contributed by atoms with van der Waals surface area (Å²) >= 11 is 0. The highest BCUT2D eigenvalue weighted by atomic mass is 16.2. The van der Waals surface area contributed by atoms with Crippen LogP contribution in [0.1, 0.15) is 67.4 Å². The lowest BCUT2D eigenvalue weighted by molar-refractivity contribution is 0.0876. The highest BCUT2D eigenvalue weighted by molar-refractivity contribution is 5.97. The van der Waals surface area contributed by atoms with Gasteiger partial charge in [-0.15, -0.1) is 0 Å². The first kappa shape index (κ1) is 19.1. The van der Waals surface area contributed by atoms with Gasteiger partial charge in [-0.25, -0.2) is 9.97 Å². The van der Waals surface area contributed by atoms with Crippen molar-refractivity contribution in [1.82, 2.24) is 19.9 Å². The van der Waals surface area contributed by atoms with Gasteiger partial charge in [0.25, 0.3) is 11.5 Å². The topological polar surface area (TPSA) is 92.2 Å². The summed E-state index contributed by atoms with van der Waals surface area (Å²) in [5.74, 6) is 1.33. The number of hydrogen-bond donors (Lipinski definition) is 2. The smallest absolute Gasteiger partial charge is 0.276 e. The third-order valence-corrected chi connectivity index (χ3v) is 6.66. The summed E-state index contributed by atoms with van der Waals surface area (Å²) in [6.45, 7) is 3.87. The van der Waals surface area contributed by atoms with Gasteiger partial charge >= 0.3 is 0 Å². The van der Waals surface area contributed by atoms with Crippen molar-refractivity contribution in [3.8, 4) is 0 Å². The molecule has 3 aliphatic rings. The molecule has 158 valence electrons. The molecule has 1 spiro atoms. The van der Waals surface area contributed by atoms with E-state index in [0.29, 0.717) is 17.2 Å². The number of carbonyl (C=O) groups is 1. The highest BCUT2D eigenvalue weighted by Crippen LogP contribution is 2.37. The van der Waals surface area contributed by atoms with Crippen molar-refractivity contribution in [3.05, 3.63) is 40.1 Å². The molecule has 1 saturated carbocycles. The van der Waals surface area contributed by atoms with E-state index >= 15 is 0 Å². The fraction of sp³-hybridized carbons (Fsp3) is 0.545. The number of amides is 1. The van der Waals surface area contributed by atoms with Crippen molar-refractivity contribution < 1.29 is 4.79 Å². The molecule has 0 bridgehead atoms. The van der Waals surface area contributed by atoms with E-state index in [-0.39, 0.29) is 11.5 Å².